The summed E-state index contributed by atoms with van der Waals surface area (Å²) in [6, 6.07) is 0. The second kappa shape index (κ2) is 4.64. The summed E-state index contributed by atoms with van der Waals surface area (Å²) in [6.45, 7) is 5.40. The van der Waals surface area contributed by atoms with Crippen LogP contribution in [0.5, 0.6) is 0 Å². The van der Waals surface area contributed by atoms with E-state index in [0.717, 1.165) is 12.8 Å². The second-order valence-corrected chi connectivity index (χ2v) is 5.46. The Balaban J connectivity index is 2.76. The van der Waals surface area contributed by atoms with Gasteiger partial charge in [0.2, 0.25) is 5.91 Å². The molecule has 1 heterocycles. The molecule has 0 aliphatic carbocycles. The van der Waals surface area contributed by atoms with Crippen molar-refractivity contribution in [2.45, 2.75) is 51.7 Å². The molecule has 2 unspecified atom stereocenters. The Morgan fingerprint density at radius 1 is 1.53 bits per heavy atom. The molecule has 1 aliphatic rings. The number of carboxylic acids is 1. The fourth-order valence-electron chi connectivity index (χ4n) is 2.23. The van der Waals surface area contributed by atoms with Crippen LogP contribution in [0.15, 0.2) is 0 Å². The zero-order chi connectivity index (χ0) is 13.3. The van der Waals surface area contributed by atoms with Gasteiger partial charge < -0.3 is 15.2 Å². The van der Waals surface area contributed by atoms with Gasteiger partial charge in [0.05, 0.1) is 11.7 Å². The van der Waals surface area contributed by atoms with Gasteiger partial charge in [-0.25, -0.2) is 0 Å². The molecule has 2 atom stereocenters. The van der Waals surface area contributed by atoms with Crippen molar-refractivity contribution in [3.8, 4) is 0 Å². The van der Waals surface area contributed by atoms with Crippen LogP contribution >= 0.6 is 0 Å². The van der Waals surface area contributed by atoms with Gasteiger partial charge >= 0.3 is 5.97 Å². The number of rotatable bonds is 4. The maximum atomic E-state index is 11.7. The smallest absolute Gasteiger partial charge is 0.319 e. The summed E-state index contributed by atoms with van der Waals surface area (Å²) in [4.78, 5) is 22.9. The lowest BCUT2D eigenvalue weighted by molar-refractivity contribution is -0.158. The van der Waals surface area contributed by atoms with Gasteiger partial charge in [0.15, 0.2) is 0 Å². The van der Waals surface area contributed by atoms with E-state index in [1.807, 2.05) is 13.8 Å². The van der Waals surface area contributed by atoms with E-state index < -0.39 is 17.3 Å². The lowest BCUT2D eigenvalue weighted by Crippen LogP contribution is -2.45. The molecule has 5 nitrogen and oxygen atoms in total. The average molecular weight is 243 g/mol. The molecule has 5 heteroatoms. The van der Waals surface area contributed by atoms with E-state index in [2.05, 4.69) is 5.32 Å². The highest BCUT2D eigenvalue weighted by Crippen LogP contribution is 2.36. The van der Waals surface area contributed by atoms with Crippen molar-refractivity contribution in [2.24, 2.45) is 5.41 Å². The lowest BCUT2D eigenvalue weighted by atomic mass is 9.82. The van der Waals surface area contributed by atoms with Gasteiger partial charge in [-0.2, -0.15) is 0 Å². The minimum Gasteiger partial charge on any atom is -0.480 e. The number of carbonyl (C=O) groups excluding carboxylic acids is 1. The predicted molar refractivity (Wildman–Crippen MR) is 62.6 cm³/mol. The quantitative estimate of drug-likeness (QED) is 0.727. The number of aliphatic carboxylic acids is 1. The molecule has 0 radical (unpaired) electrons. The Bertz CT molecular complexity index is 326. The number of hydrogen-bond acceptors (Lipinski definition) is 3. The van der Waals surface area contributed by atoms with Gasteiger partial charge in [-0.3, -0.25) is 9.59 Å². The standard InChI is InChI=1S/C12H21NO4/c1-11(2)6-5-8(17-11)7-12(3,10(15)16)9(14)13-4/h8H,5-7H2,1-4H3,(H,13,14)(H,15,16). The van der Waals surface area contributed by atoms with E-state index in [9.17, 15) is 14.7 Å². The van der Waals surface area contributed by atoms with Crippen molar-refractivity contribution in [1.29, 1.82) is 0 Å². The van der Waals surface area contributed by atoms with E-state index in [1.54, 1.807) is 0 Å². The van der Waals surface area contributed by atoms with Crippen LogP contribution in [-0.4, -0.2) is 35.7 Å². The highest BCUT2D eigenvalue weighted by atomic mass is 16.5. The molecule has 0 saturated carbocycles. The molecular formula is C12H21NO4. The Kier molecular flexibility index (Phi) is 3.81. The van der Waals surface area contributed by atoms with Crippen LogP contribution in [0.25, 0.3) is 0 Å². The van der Waals surface area contributed by atoms with E-state index in [0.29, 0.717) is 0 Å². The van der Waals surface area contributed by atoms with Crippen molar-refractivity contribution in [3.63, 3.8) is 0 Å². The number of nitrogens with one attached hydrogen (secondary N) is 1. The SMILES string of the molecule is CNC(=O)C(C)(CC1CCC(C)(C)O1)C(=O)O. The molecule has 1 aliphatic heterocycles. The third-order valence-electron chi connectivity index (χ3n) is 3.39. The van der Waals surface area contributed by atoms with Crippen LogP contribution in [0.1, 0.15) is 40.0 Å². The topological polar surface area (TPSA) is 75.6 Å². The normalized spacial score (nSPS) is 26.2. The molecule has 0 aromatic rings. The van der Waals surface area contributed by atoms with Crippen LogP contribution in [0, 0.1) is 5.41 Å². The number of carbonyl (C=O) groups is 2. The fraction of sp³-hybridized carbons (Fsp3) is 0.833. The van der Waals surface area contributed by atoms with Crippen molar-refractivity contribution in [2.75, 3.05) is 7.05 Å². The summed E-state index contributed by atoms with van der Waals surface area (Å²) in [5.41, 5.74) is -1.63. The molecular weight excluding hydrogens is 222 g/mol. The van der Waals surface area contributed by atoms with Crippen LogP contribution in [0.3, 0.4) is 0 Å². The van der Waals surface area contributed by atoms with Crippen molar-refractivity contribution in [1.82, 2.24) is 5.32 Å². The summed E-state index contributed by atoms with van der Waals surface area (Å²) < 4.78 is 5.75. The Morgan fingerprint density at radius 3 is 2.47 bits per heavy atom. The maximum absolute atomic E-state index is 11.7. The lowest BCUT2D eigenvalue weighted by Gasteiger charge is -2.27. The van der Waals surface area contributed by atoms with Crippen LogP contribution in [0.2, 0.25) is 0 Å². The minimum atomic E-state index is -1.42. The van der Waals surface area contributed by atoms with Crippen LogP contribution in [-0.2, 0) is 14.3 Å². The molecule has 98 valence electrons. The first kappa shape index (κ1) is 14.0. The van der Waals surface area contributed by atoms with E-state index >= 15 is 0 Å². The van der Waals surface area contributed by atoms with Gasteiger partial charge in [-0.1, -0.05) is 0 Å². The van der Waals surface area contributed by atoms with E-state index in [4.69, 9.17) is 4.74 Å². The molecule has 0 bridgehead atoms. The highest BCUT2D eigenvalue weighted by molar-refractivity contribution is 6.01. The van der Waals surface area contributed by atoms with Gasteiger partial charge in [-0.15, -0.1) is 0 Å². The highest BCUT2D eigenvalue weighted by Gasteiger charge is 2.45. The van der Waals surface area contributed by atoms with Crippen LogP contribution < -0.4 is 5.32 Å². The van der Waals surface area contributed by atoms with E-state index in [-0.39, 0.29) is 18.1 Å². The Morgan fingerprint density at radius 2 is 2.12 bits per heavy atom. The number of ether oxygens (including phenoxy) is 1. The summed E-state index contributed by atoms with van der Waals surface area (Å²) in [5, 5.41) is 11.6. The predicted octanol–water partition coefficient (Wildman–Crippen LogP) is 1.17. The zero-order valence-corrected chi connectivity index (χ0v) is 10.9. The maximum Gasteiger partial charge on any atom is 0.319 e. The zero-order valence-electron chi connectivity index (χ0n) is 10.9. The molecule has 1 saturated heterocycles. The summed E-state index contributed by atoms with van der Waals surface area (Å²) in [5.74, 6) is -1.58. The Labute approximate surface area is 102 Å². The molecule has 0 aromatic carbocycles. The summed E-state index contributed by atoms with van der Waals surface area (Å²) in [6.07, 6.45) is 1.74. The van der Waals surface area contributed by atoms with Crippen molar-refractivity contribution in [3.05, 3.63) is 0 Å². The van der Waals surface area contributed by atoms with Crippen molar-refractivity contribution >= 4 is 11.9 Å². The second-order valence-electron chi connectivity index (χ2n) is 5.46. The fourth-order valence-corrected chi connectivity index (χ4v) is 2.23. The first-order valence-corrected chi connectivity index (χ1v) is 5.85. The summed E-state index contributed by atoms with van der Waals surface area (Å²) in [7, 11) is 1.45. The average Bonchev–Trinajstić information content (AvgIpc) is 2.56. The first-order valence-electron chi connectivity index (χ1n) is 5.85. The van der Waals surface area contributed by atoms with Gasteiger partial charge in [0.25, 0.3) is 0 Å². The third-order valence-corrected chi connectivity index (χ3v) is 3.39. The minimum absolute atomic E-state index is 0.164. The number of hydrogen-bond donors (Lipinski definition) is 2. The largest absolute Gasteiger partial charge is 0.480 e. The molecule has 1 fully saturated rings. The number of amides is 1. The monoisotopic (exact) mass is 243 g/mol. The van der Waals surface area contributed by atoms with Crippen molar-refractivity contribution < 1.29 is 19.4 Å². The first-order chi connectivity index (χ1) is 7.71. The van der Waals surface area contributed by atoms with Gasteiger partial charge in [-0.05, 0) is 40.0 Å². The van der Waals surface area contributed by atoms with Gasteiger partial charge in [0, 0.05) is 7.05 Å². The number of carboxylic acid groups (broad SMARTS) is 1. The molecule has 2 N–H and O–H groups in total. The van der Waals surface area contributed by atoms with Crippen LogP contribution in [0.4, 0.5) is 0 Å². The Hall–Kier alpha value is -1.10. The molecule has 1 rings (SSSR count). The summed E-state index contributed by atoms with van der Waals surface area (Å²) >= 11 is 0. The molecule has 17 heavy (non-hydrogen) atoms. The molecule has 0 aromatic heterocycles. The van der Waals surface area contributed by atoms with E-state index in [1.165, 1.54) is 14.0 Å². The van der Waals surface area contributed by atoms with Gasteiger partial charge in [0.1, 0.15) is 5.41 Å². The third kappa shape index (κ3) is 2.97. The molecule has 1 amide bonds. The molecule has 0 spiro atoms.